The Balaban J connectivity index is 2.05. The van der Waals surface area contributed by atoms with Crippen molar-refractivity contribution in [2.75, 3.05) is 6.61 Å². The zero-order chi connectivity index (χ0) is 8.60. The van der Waals surface area contributed by atoms with E-state index in [9.17, 15) is 5.11 Å². The second-order valence-corrected chi connectivity index (χ2v) is 4.40. The fourth-order valence-corrected chi connectivity index (χ4v) is 2.91. The van der Waals surface area contributed by atoms with Gasteiger partial charge in [-0.3, -0.25) is 0 Å². The van der Waals surface area contributed by atoms with Crippen LogP contribution in [0.3, 0.4) is 0 Å². The minimum absolute atomic E-state index is 0.174. The Morgan fingerprint density at radius 1 is 1.25 bits per heavy atom. The van der Waals surface area contributed by atoms with Gasteiger partial charge >= 0.3 is 0 Å². The fourth-order valence-electron chi connectivity index (χ4n) is 2.91. The third kappa shape index (κ3) is 1.09. The molecule has 0 aromatic carbocycles. The van der Waals surface area contributed by atoms with Crippen LogP contribution in [0.15, 0.2) is 0 Å². The standard InChI is InChI=1S/C10H18O2/c11-7-9-6-8-4-2-1-3-5-10(8,9)12/h8-9,11-12H,1-7H2/t8-,9-,10+/m0/s1. The quantitative estimate of drug-likeness (QED) is 0.623. The third-order valence-corrected chi connectivity index (χ3v) is 3.83. The molecule has 12 heavy (non-hydrogen) atoms. The van der Waals surface area contributed by atoms with Crippen LogP contribution in [0.1, 0.15) is 38.5 Å². The molecule has 0 heterocycles. The van der Waals surface area contributed by atoms with Crippen LogP contribution >= 0.6 is 0 Å². The lowest BCUT2D eigenvalue weighted by molar-refractivity contribution is -0.167. The van der Waals surface area contributed by atoms with Crippen molar-refractivity contribution in [2.24, 2.45) is 11.8 Å². The van der Waals surface area contributed by atoms with Crippen molar-refractivity contribution in [2.45, 2.75) is 44.1 Å². The molecule has 0 spiro atoms. The van der Waals surface area contributed by atoms with E-state index in [2.05, 4.69) is 0 Å². The highest BCUT2D eigenvalue weighted by atomic mass is 16.3. The van der Waals surface area contributed by atoms with Crippen LogP contribution < -0.4 is 0 Å². The minimum atomic E-state index is -0.481. The molecule has 2 fully saturated rings. The molecule has 0 bridgehead atoms. The number of fused-ring (bicyclic) bond motifs is 1. The van der Waals surface area contributed by atoms with Gasteiger partial charge in [-0.1, -0.05) is 19.3 Å². The zero-order valence-corrected chi connectivity index (χ0v) is 7.50. The Morgan fingerprint density at radius 3 is 2.83 bits per heavy atom. The molecule has 0 aromatic heterocycles. The molecule has 2 saturated carbocycles. The summed E-state index contributed by atoms with van der Waals surface area (Å²) >= 11 is 0. The molecular formula is C10H18O2. The summed E-state index contributed by atoms with van der Waals surface area (Å²) < 4.78 is 0. The first-order valence-electron chi connectivity index (χ1n) is 5.10. The average Bonchev–Trinajstić information content (AvgIpc) is 2.19. The van der Waals surface area contributed by atoms with Gasteiger partial charge in [0.2, 0.25) is 0 Å². The highest BCUT2D eigenvalue weighted by Crippen LogP contribution is 2.51. The molecule has 2 aliphatic rings. The number of aliphatic hydroxyl groups is 2. The van der Waals surface area contributed by atoms with Crippen LogP contribution in [0.25, 0.3) is 0 Å². The van der Waals surface area contributed by atoms with E-state index in [1.807, 2.05) is 0 Å². The van der Waals surface area contributed by atoms with Crippen molar-refractivity contribution in [3.63, 3.8) is 0 Å². The van der Waals surface area contributed by atoms with E-state index in [4.69, 9.17) is 5.11 Å². The Hall–Kier alpha value is -0.0800. The molecule has 0 radical (unpaired) electrons. The maximum absolute atomic E-state index is 10.2. The lowest BCUT2D eigenvalue weighted by Gasteiger charge is -2.51. The predicted octanol–water partition coefficient (Wildman–Crippen LogP) is 1.31. The highest BCUT2D eigenvalue weighted by molar-refractivity contribution is 5.03. The van der Waals surface area contributed by atoms with E-state index in [-0.39, 0.29) is 12.5 Å². The average molecular weight is 170 g/mol. The summed E-state index contributed by atoms with van der Waals surface area (Å²) in [6.45, 7) is 0.174. The molecule has 70 valence electrons. The molecule has 0 amide bonds. The summed E-state index contributed by atoms with van der Waals surface area (Å²) in [7, 11) is 0. The molecule has 2 aliphatic carbocycles. The molecule has 2 nitrogen and oxygen atoms in total. The molecule has 0 unspecified atom stereocenters. The third-order valence-electron chi connectivity index (χ3n) is 3.83. The number of rotatable bonds is 1. The Labute approximate surface area is 73.6 Å². The number of hydrogen-bond acceptors (Lipinski definition) is 2. The van der Waals surface area contributed by atoms with Gasteiger partial charge in [0.25, 0.3) is 0 Å². The van der Waals surface area contributed by atoms with Gasteiger partial charge < -0.3 is 10.2 Å². The van der Waals surface area contributed by atoms with E-state index in [0.717, 1.165) is 19.3 Å². The van der Waals surface area contributed by atoms with E-state index in [0.29, 0.717) is 5.92 Å². The normalized spacial score (nSPS) is 47.5. The molecule has 2 heteroatoms. The first-order chi connectivity index (χ1) is 5.77. The van der Waals surface area contributed by atoms with E-state index in [1.54, 1.807) is 0 Å². The van der Waals surface area contributed by atoms with Gasteiger partial charge in [-0.15, -0.1) is 0 Å². The van der Waals surface area contributed by atoms with Gasteiger partial charge in [0.1, 0.15) is 0 Å². The molecule has 0 aliphatic heterocycles. The second-order valence-electron chi connectivity index (χ2n) is 4.40. The summed E-state index contributed by atoms with van der Waals surface area (Å²) in [5.41, 5.74) is -0.481. The molecule has 0 aromatic rings. The van der Waals surface area contributed by atoms with Crippen molar-refractivity contribution < 1.29 is 10.2 Å². The van der Waals surface area contributed by atoms with Gasteiger partial charge in [-0.05, 0) is 25.2 Å². The summed E-state index contributed by atoms with van der Waals surface area (Å²) in [4.78, 5) is 0. The monoisotopic (exact) mass is 170 g/mol. The van der Waals surface area contributed by atoms with E-state index >= 15 is 0 Å². The van der Waals surface area contributed by atoms with Crippen molar-refractivity contribution >= 4 is 0 Å². The lowest BCUT2D eigenvalue weighted by Crippen LogP contribution is -2.56. The van der Waals surface area contributed by atoms with Crippen molar-refractivity contribution in [1.82, 2.24) is 0 Å². The predicted molar refractivity (Wildman–Crippen MR) is 46.7 cm³/mol. The van der Waals surface area contributed by atoms with E-state index in [1.165, 1.54) is 19.3 Å². The number of aliphatic hydroxyl groups excluding tert-OH is 1. The van der Waals surface area contributed by atoms with Crippen LogP contribution in [0, 0.1) is 11.8 Å². The molecule has 2 N–H and O–H groups in total. The lowest BCUT2D eigenvalue weighted by atomic mass is 9.59. The summed E-state index contributed by atoms with van der Waals surface area (Å²) in [6, 6.07) is 0. The highest BCUT2D eigenvalue weighted by Gasteiger charge is 2.52. The number of hydrogen-bond donors (Lipinski definition) is 2. The summed E-state index contributed by atoms with van der Waals surface area (Å²) in [6.07, 6.45) is 6.81. The summed E-state index contributed by atoms with van der Waals surface area (Å²) in [5.74, 6) is 0.678. The van der Waals surface area contributed by atoms with Gasteiger partial charge in [0.15, 0.2) is 0 Å². The largest absolute Gasteiger partial charge is 0.396 e. The van der Waals surface area contributed by atoms with Crippen molar-refractivity contribution in [1.29, 1.82) is 0 Å². The molecular weight excluding hydrogens is 152 g/mol. The Morgan fingerprint density at radius 2 is 2.08 bits per heavy atom. The minimum Gasteiger partial charge on any atom is -0.396 e. The zero-order valence-electron chi connectivity index (χ0n) is 7.50. The maximum atomic E-state index is 10.2. The van der Waals surface area contributed by atoms with Crippen LogP contribution in [0.5, 0.6) is 0 Å². The van der Waals surface area contributed by atoms with Crippen LogP contribution in [-0.2, 0) is 0 Å². The van der Waals surface area contributed by atoms with Crippen molar-refractivity contribution in [3.05, 3.63) is 0 Å². The Kier molecular flexibility index (Phi) is 2.13. The summed E-state index contributed by atoms with van der Waals surface area (Å²) in [5, 5.41) is 19.2. The smallest absolute Gasteiger partial charge is 0.0725 e. The Bertz CT molecular complexity index is 169. The topological polar surface area (TPSA) is 40.5 Å². The van der Waals surface area contributed by atoms with Crippen molar-refractivity contribution in [3.8, 4) is 0 Å². The fraction of sp³-hybridized carbons (Fsp3) is 1.00. The van der Waals surface area contributed by atoms with E-state index < -0.39 is 5.60 Å². The van der Waals surface area contributed by atoms with Crippen LogP contribution in [0.4, 0.5) is 0 Å². The first kappa shape index (κ1) is 8.52. The molecule has 3 atom stereocenters. The molecule has 2 rings (SSSR count). The van der Waals surface area contributed by atoms with Gasteiger partial charge in [-0.25, -0.2) is 0 Å². The van der Waals surface area contributed by atoms with Gasteiger partial charge in [0, 0.05) is 12.5 Å². The maximum Gasteiger partial charge on any atom is 0.0725 e. The van der Waals surface area contributed by atoms with Crippen LogP contribution in [-0.4, -0.2) is 22.4 Å². The molecule has 0 saturated heterocycles. The van der Waals surface area contributed by atoms with Crippen LogP contribution in [0.2, 0.25) is 0 Å². The second kappa shape index (κ2) is 3.00. The van der Waals surface area contributed by atoms with Gasteiger partial charge in [-0.2, -0.15) is 0 Å². The first-order valence-corrected chi connectivity index (χ1v) is 5.10. The van der Waals surface area contributed by atoms with Gasteiger partial charge in [0.05, 0.1) is 5.60 Å². The SMILES string of the molecule is OC[C@@H]1C[C@@H]2CCCCC[C@]12O.